The topological polar surface area (TPSA) is 18.5 Å². The third kappa shape index (κ3) is 2.00. The SMILES string of the molecule is CCc1ccc(C2OCCO2)c(Br)c1. The summed E-state index contributed by atoms with van der Waals surface area (Å²) in [4.78, 5) is 0. The van der Waals surface area contributed by atoms with Gasteiger partial charge in [-0.25, -0.2) is 0 Å². The van der Waals surface area contributed by atoms with Crippen molar-refractivity contribution in [3.8, 4) is 0 Å². The van der Waals surface area contributed by atoms with Crippen molar-refractivity contribution in [3.05, 3.63) is 33.8 Å². The van der Waals surface area contributed by atoms with Crippen LogP contribution in [0, 0.1) is 0 Å². The number of hydrogen-bond donors (Lipinski definition) is 0. The number of hydrogen-bond acceptors (Lipinski definition) is 2. The zero-order valence-corrected chi connectivity index (χ0v) is 9.71. The van der Waals surface area contributed by atoms with Gasteiger partial charge < -0.3 is 9.47 Å². The Hall–Kier alpha value is -0.380. The summed E-state index contributed by atoms with van der Waals surface area (Å²) in [6.07, 6.45) is 0.862. The highest BCUT2D eigenvalue weighted by molar-refractivity contribution is 9.10. The third-order valence-corrected chi connectivity index (χ3v) is 3.04. The zero-order valence-electron chi connectivity index (χ0n) is 8.13. The Balaban J connectivity index is 2.25. The monoisotopic (exact) mass is 256 g/mol. The molecule has 14 heavy (non-hydrogen) atoms. The molecule has 2 rings (SSSR count). The van der Waals surface area contributed by atoms with Gasteiger partial charge in [0, 0.05) is 10.0 Å². The molecule has 0 unspecified atom stereocenters. The predicted octanol–water partition coefficient (Wildman–Crippen LogP) is 3.06. The summed E-state index contributed by atoms with van der Waals surface area (Å²) in [6, 6.07) is 6.31. The Morgan fingerprint density at radius 1 is 1.36 bits per heavy atom. The molecule has 1 aliphatic rings. The second kappa shape index (κ2) is 4.43. The highest BCUT2D eigenvalue weighted by Crippen LogP contribution is 2.30. The van der Waals surface area contributed by atoms with E-state index < -0.39 is 0 Å². The Kier molecular flexibility index (Phi) is 3.21. The quantitative estimate of drug-likeness (QED) is 0.810. The molecule has 2 nitrogen and oxygen atoms in total. The van der Waals surface area contributed by atoms with Crippen molar-refractivity contribution >= 4 is 15.9 Å². The largest absolute Gasteiger partial charge is 0.346 e. The molecule has 1 saturated heterocycles. The van der Waals surface area contributed by atoms with Crippen LogP contribution in [0.1, 0.15) is 24.3 Å². The number of benzene rings is 1. The second-order valence-corrected chi connectivity index (χ2v) is 4.14. The lowest BCUT2D eigenvalue weighted by Crippen LogP contribution is -1.99. The molecule has 0 amide bonds. The van der Waals surface area contributed by atoms with Crippen molar-refractivity contribution in [2.75, 3.05) is 13.2 Å². The van der Waals surface area contributed by atoms with Gasteiger partial charge in [-0.1, -0.05) is 35.0 Å². The van der Waals surface area contributed by atoms with E-state index >= 15 is 0 Å². The number of aryl methyl sites for hydroxylation is 1. The first-order chi connectivity index (χ1) is 6.81. The van der Waals surface area contributed by atoms with Crippen molar-refractivity contribution in [1.82, 2.24) is 0 Å². The van der Waals surface area contributed by atoms with E-state index in [1.54, 1.807) is 0 Å². The van der Waals surface area contributed by atoms with E-state index in [4.69, 9.17) is 9.47 Å². The van der Waals surface area contributed by atoms with Gasteiger partial charge in [-0.05, 0) is 18.1 Å². The standard InChI is InChI=1S/C11H13BrO2/c1-2-8-3-4-9(10(12)7-8)11-13-5-6-14-11/h3-4,7,11H,2,5-6H2,1H3. The summed E-state index contributed by atoms with van der Waals surface area (Å²) in [5, 5.41) is 0. The van der Waals surface area contributed by atoms with Crippen molar-refractivity contribution in [3.63, 3.8) is 0 Å². The van der Waals surface area contributed by atoms with E-state index in [1.807, 2.05) is 0 Å². The highest BCUT2D eigenvalue weighted by atomic mass is 79.9. The fourth-order valence-corrected chi connectivity index (χ4v) is 2.13. The molecule has 0 saturated carbocycles. The van der Waals surface area contributed by atoms with E-state index in [1.165, 1.54) is 5.56 Å². The van der Waals surface area contributed by atoms with E-state index in [-0.39, 0.29) is 6.29 Å². The molecule has 0 spiro atoms. The molecule has 3 heteroatoms. The first kappa shape index (κ1) is 10.1. The van der Waals surface area contributed by atoms with Gasteiger partial charge in [0.05, 0.1) is 13.2 Å². The van der Waals surface area contributed by atoms with Crippen LogP contribution in [0.4, 0.5) is 0 Å². The van der Waals surface area contributed by atoms with E-state index in [9.17, 15) is 0 Å². The Morgan fingerprint density at radius 2 is 2.07 bits per heavy atom. The molecule has 0 bridgehead atoms. The molecule has 0 aromatic heterocycles. The van der Waals surface area contributed by atoms with Crippen LogP contribution >= 0.6 is 15.9 Å². The van der Waals surface area contributed by atoms with Gasteiger partial charge in [0.25, 0.3) is 0 Å². The third-order valence-electron chi connectivity index (χ3n) is 2.35. The minimum Gasteiger partial charge on any atom is -0.346 e. The van der Waals surface area contributed by atoms with Crippen molar-refractivity contribution in [2.24, 2.45) is 0 Å². The van der Waals surface area contributed by atoms with Crippen LogP contribution in [0.25, 0.3) is 0 Å². The number of ether oxygens (including phenoxy) is 2. The van der Waals surface area contributed by atoms with Gasteiger partial charge in [0.1, 0.15) is 0 Å². The van der Waals surface area contributed by atoms with Crippen LogP contribution in [-0.4, -0.2) is 13.2 Å². The van der Waals surface area contributed by atoms with Gasteiger partial charge >= 0.3 is 0 Å². The first-order valence-electron chi connectivity index (χ1n) is 4.83. The summed E-state index contributed by atoms with van der Waals surface area (Å²) in [5.41, 5.74) is 2.40. The van der Waals surface area contributed by atoms with E-state index in [0.717, 1.165) is 16.5 Å². The molecular formula is C11H13BrO2. The lowest BCUT2D eigenvalue weighted by Gasteiger charge is -2.12. The molecule has 1 aromatic rings. The van der Waals surface area contributed by atoms with Crippen LogP contribution in [0.2, 0.25) is 0 Å². The number of rotatable bonds is 2. The lowest BCUT2D eigenvalue weighted by atomic mass is 10.1. The maximum atomic E-state index is 5.44. The summed E-state index contributed by atoms with van der Waals surface area (Å²) in [7, 11) is 0. The average molecular weight is 257 g/mol. The van der Waals surface area contributed by atoms with Gasteiger partial charge in [0.2, 0.25) is 0 Å². The van der Waals surface area contributed by atoms with Crippen molar-refractivity contribution in [1.29, 1.82) is 0 Å². The molecule has 0 atom stereocenters. The van der Waals surface area contributed by atoms with Gasteiger partial charge in [-0.15, -0.1) is 0 Å². The molecule has 1 aliphatic heterocycles. The fourth-order valence-electron chi connectivity index (χ4n) is 1.52. The summed E-state index contributed by atoms with van der Waals surface area (Å²) < 4.78 is 12.0. The molecule has 1 heterocycles. The predicted molar refractivity (Wildman–Crippen MR) is 58.2 cm³/mol. The van der Waals surface area contributed by atoms with Crippen molar-refractivity contribution < 1.29 is 9.47 Å². The molecule has 0 aliphatic carbocycles. The molecule has 76 valence electrons. The molecule has 0 N–H and O–H groups in total. The Labute approximate surface area is 92.3 Å². The van der Waals surface area contributed by atoms with E-state index in [2.05, 4.69) is 41.1 Å². The minimum absolute atomic E-state index is 0.185. The van der Waals surface area contributed by atoms with Gasteiger partial charge in [-0.3, -0.25) is 0 Å². The average Bonchev–Trinajstić information content (AvgIpc) is 2.70. The molecular weight excluding hydrogens is 244 g/mol. The number of halogens is 1. The van der Waals surface area contributed by atoms with Crippen LogP contribution < -0.4 is 0 Å². The molecule has 1 fully saturated rings. The van der Waals surface area contributed by atoms with Crippen LogP contribution in [0.15, 0.2) is 22.7 Å². The van der Waals surface area contributed by atoms with Gasteiger partial charge in [-0.2, -0.15) is 0 Å². The fraction of sp³-hybridized carbons (Fsp3) is 0.455. The normalized spacial score (nSPS) is 17.6. The maximum absolute atomic E-state index is 5.44. The van der Waals surface area contributed by atoms with Crippen molar-refractivity contribution in [2.45, 2.75) is 19.6 Å². The molecule has 1 aromatic carbocycles. The van der Waals surface area contributed by atoms with Crippen LogP contribution in [0.5, 0.6) is 0 Å². The zero-order chi connectivity index (χ0) is 9.97. The van der Waals surface area contributed by atoms with E-state index in [0.29, 0.717) is 13.2 Å². The highest BCUT2D eigenvalue weighted by Gasteiger charge is 2.20. The van der Waals surface area contributed by atoms with Crippen LogP contribution in [0.3, 0.4) is 0 Å². The Morgan fingerprint density at radius 3 is 2.64 bits per heavy atom. The minimum atomic E-state index is -0.185. The second-order valence-electron chi connectivity index (χ2n) is 3.28. The summed E-state index contributed by atoms with van der Waals surface area (Å²) >= 11 is 3.54. The Bertz CT molecular complexity index is 319. The molecule has 0 radical (unpaired) electrons. The maximum Gasteiger partial charge on any atom is 0.185 e. The first-order valence-corrected chi connectivity index (χ1v) is 5.62. The van der Waals surface area contributed by atoms with Gasteiger partial charge in [0.15, 0.2) is 6.29 Å². The summed E-state index contributed by atoms with van der Waals surface area (Å²) in [6.45, 7) is 3.52. The lowest BCUT2D eigenvalue weighted by molar-refractivity contribution is -0.0446. The summed E-state index contributed by atoms with van der Waals surface area (Å²) in [5.74, 6) is 0. The smallest absolute Gasteiger partial charge is 0.185 e. The van der Waals surface area contributed by atoms with Crippen LogP contribution in [-0.2, 0) is 15.9 Å².